The molecule has 3 heteroatoms. The van der Waals surface area contributed by atoms with Crippen molar-refractivity contribution in [3.05, 3.63) is 0 Å². The van der Waals surface area contributed by atoms with Gasteiger partial charge >= 0.3 is 0 Å². The Morgan fingerprint density at radius 3 is 3.00 bits per heavy atom. The van der Waals surface area contributed by atoms with Gasteiger partial charge in [-0.3, -0.25) is 0 Å². The van der Waals surface area contributed by atoms with Crippen LogP contribution in [0.3, 0.4) is 0 Å². The molecule has 0 aliphatic carbocycles. The summed E-state index contributed by atoms with van der Waals surface area (Å²) in [7, 11) is 0. The molecule has 3 atom stereocenters. The van der Waals surface area contributed by atoms with E-state index in [9.17, 15) is 0 Å². The first-order chi connectivity index (χ1) is 5.29. The molecular formula is C8H11NO2. The van der Waals surface area contributed by atoms with Gasteiger partial charge in [0.05, 0.1) is 30.3 Å². The molecule has 2 heterocycles. The van der Waals surface area contributed by atoms with E-state index in [-0.39, 0.29) is 24.2 Å². The first kappa shape index (κ1) is 7.08. The van der Waals surface area contributed by atoms with Crippen LogP contribution >= 0.6 is 0 Å². The van der Waals surface area contributed by atoms with E-state index in [1.807, 2.05) is 0 Å². The van der Waals surface area contributed by atoms with Crippen LogP contribution in [0.2, 0.25) is 0 Å². The van der Waals surface area contributed by atoms with Crippen LogP contribution in [0.5, 0.6) is 0 Å². The summed E-state index contributed by atoms with van der Waals surface area (Å²) < 4.78 is 5.54. The third kappa shape index (κ3) is 0.867. The monoisotopic (exact) mass is 153 g/mol. The third-order valence-corrected chi connectivity index (χ3v) is 2.78. The maximum atomic E-state index is 9.02. The lowest BCUT2D eigenvalue weighted by Gasteiger charge is -2.21. The van der Waals surface area contributed by atoms with Crippen molar-refractivity contribution in [2.24, 2.45) is 5.92 Å². The highest BCUT2D eigenvalue weighted by Crippen LogP contribution is 2.46. The predicted octanol–water partition coefficient (Wildman–Crippen LogP) is 0.440. The molecule has 1 N–H and O–H groups in total. The summed E-state index contributed by atoms with van der Waals surface area (Å²) in [6.07, 6.45) is 2.70. The Hall–Kier alpha value is -0.590. The van der Waals surface area contributed by atoms with Crippen LogP contribution < -0.4 is 0 Å². The molecule has 0 amide bonds. The van der Waals surface area contributed by atoms with Crippen LogP contribution in [0.15, 0.2) is 0 Å². The number of ether oxygens (including phenoxy) is 1. The molecule has 0 aromatic rings. The molecule has 0 saturated carbocycles. The lowest BCUT2D eigenvalue weighted by molar-refractivity contribution is -0.0279. The van der Waals surface area contributed by atoms with E-state index in [0.29, 0.717) is 0 Å². The van der Waals surface area contributed by atoms with Crippen molar-refractivity contribution in [2.75, 3.05) is 6.61 Å². The summed E-state index contributed by atoms with van der Waals surface area (Å²) in [5.41, 5.74) is -0.342. The number of fused-ring (bicyclic) bond motifs is 2. The van der Waals surface area contributed by atoms with Crippen molar-refractivity contribution in [1.82, 2.24) is 0 Å². The number of nitrogens with zero attached hydrogens (tertiary/aromatic N) is 1. The van der Waals surface area contributed by atoms with Gasteiger partial charge in [0.1, 0.15) is 0 Å². The van der Waals surface area contributed by atoms with Gasteiger partial charge in [-0.1, -0.05) is 0 Å². The van der Waals surface area contributed by atoms with Gasteiger partial charge in [-0.2, -0.15) is 5.26 Å². The van der Waals surface area contributed by atoms with E-state index in [4.69, 9.17) is 15.1 Å². The zero-order valence-corrected chi connectivity index (χ0v) is 6.29. The van der Waals surface area contributed by atoms with Crippen LogP contribution in [0, 0.1) is 17.2 Å². The first-order valence-electron chi connectivity index (χ1n) is 3.98. The fourth-order valence-corrected chi connectivity index (χ4v) is 2.12. The van der Waals surface area contributed by atoms with Crippen molar-refractivity contribution in [2.45, 2.75) is 31.0 Å². The van der Waals surface area contributed by atoms with E-state index in [0.717, 1.165) is 19.3 Å². The van der Waals surface area contributed by atoms with E-state index in [1.165, 1.54) is 0 Å². The molecule has 2 rings (SSSR count). The molecule has 2 aliphatic heterocycles. The standard InChI is InChI=1S/C8H11NO2/c9-4-6-3-8(5-10)2-1-7(6)11-8/h6-7,10H,1-3,5H2. The van der Waals surface area contributed by atoms with Crippen molar-refractivity contribution < 1.29 is 9.84 Å². The molecule has 11 heavy (non-hydrogen) atoms. The van der Waals surface area contributed by atoms with E-state index in [1.54, 1.807) is 0 Å². The highest BCUT2D eigenvalue weighted by Gasteiger charge is 2.51. The predicted molar refractivity (Wildman–Crippen MR) is 37.6 cm³/mol. The highest BCUT2D eigenvalue weighted by atomic mass is 16.5. The Labute approximate surface area is 65.6 Å². The normalized spacial score (nSPS) is 47.6. The molecule has 2 aliphatic rings. The van der Waals surface area contributed by atoms with Gasteiger partial charge in [-0.05, 0) is 19.3 Å². The second-order valence-corrected chi connectivity index (χ2v) is 3.48. The Balaban J connectivity index is 2.16. The smallest absolute Gasteiger partial charge is 0.0930 e. The van der Waals surface area contributed by atoms with Crippen LogP contribution in [0.4, 0.5) is 0 Å². The Morgan fingerprint density at radius 2 is 2.55 bits per heavy atom. The van der Waals surface area contributed by atoms with Gasteiger partial charge < -0.3 is 9.84 Å². The minimum atomic E-state index is -0.342. The van der Waals surface area contributed by atoms with Gasteiger partial charge in [0.2, 0.25) is 0 Å². The summed E-state index contributed by atoms with van der Waals surface area (Å²) in [6, 6.07) is 2.22. The van der Waals surface area contributed by atoms with Gasteiger partial charge in [-0.15, -0.1) is 0 Å². The molecule has 60 valence electrons. The van der Waals surface area contributed by atoms with Crippen LogP contribution in [0.1, 0.15) is 19.3 Å². The summed E-state index contributed by atoms with van der Waals surface area (Å²) in [5, 5.41) is 17.7. The minimum absolute atomic E-state index is 0.0240. The van der Waals surface area contributed by atoms with Crippen molar-refractivity contribution in [1.29, 1.82) is 5.26 Å². The number of nitriles is 1. The van der Waals surface area contributed by atoms with Crippen molar-refractivity contribution in [3.63, 3.8) is 0 Å². The molecule has 2 saturated heterocycles. The molecule has 0 aromatic carbocycles. The van der Waals surface area contributed by atoms with Crippen molar-refractivity contribution >= 4 is 0 Å². The van der Waals surface area contributed by atoms with E-state index in [2.05, 4.69) is 6.07 Å². The quantitative estimate of drug-likeness (QED) is 0.594. The molecule has 3 nitrogen and oxygen atoms in total. The summed E-state index contributed by atoms with van der Waals surface area (Å²) in [4.78, 5) is 0. The zero-order valence-electron chi connectivity index (χ0n) is 6.29. The van der Waals surface area contributed by atoms with Gasteiger partial charge in [0.15, 0.2) is 0 Å². The Morgan fingerprint density at radius 1 is 1.73 bits per heavy atom. The fraction of sp³-hybridized carbons (Fsp3) is 0.875. The third-order valence-electron chi connectivity index (χ3n) is 2.78. The number of aliphatic hydroxyl groups excluding tert-OH is 1. The van der Waals surface area contributed by atoms with E-state index < -0.39 is 0 Å². The molecule has 0 radical (unpaired) electrons. The fourth-order valence-electron chi connectivity index (χ4n) is 2.12. The van der Waals surface area contributed by atoms with Gasteiger partial charge in [0, 0.05) is 0 Å². The van der Waals surface area contributed by atoms with Crippen molar-refractivity contribution in [3.8, 4) is 6.07 Å². The van der Waals surface area contributed by atoms with Gasteiger partial charge in [-0.25, -0.2) is 0 Å². The number of rotatable bonds is 1. The Bertz CT molecular complexity index is 211. The summed E-state index contributed by atoms with van der Waals surface area (Å²) in [5.74, 6) is 0.0240. The summed E-state index contributed by atoms with van der Waals surface area (Å²) in [6.45, 7) is 0.0711. The molecule has 3 unspecified atom stereocenters. The van der Waals surface area contributed by atoms with Crippen LogP contribution in [-0.4, -0.2) is 23.4 Å². The largest absolute Gasteiger partial charge is 0.393 e. The second kappa shape index (κ2) is 2.20. The number of aliphatic hydroxyl groups is 1. The maximum absolute atomic E-state index is 9.02. The highest BCUT2D eigenvalue weighted by molar-refractivity contribution is 5.07. The minimum Gasteiger partial charge on any atom is -0.393 e. The average Bonchev–Trinajstić information content (AvgIpc) is 2.61. The van der Waals surface area contributed by atoms with Gasteiger partial charge in [0.25, 0.3) is 0 Å². The molecule has 0 spiro atoms. The van der Waals surface area contributed by atoms with Crippen LogP contribution in [0.25, 0.3) is 0 Å². The lowest BCUT2D eigenvalue weighted by Crippen LogP contribution is -2.30. The second-order valence-electron chi connectivity index (χ2n) is 3.48. The zero-order chi connectivity index (χ0) is 7.90. The first-order valence-corrected chi connectivity index (χ1v) is 3.98. The molecule has 2 bridgehead atoms. The van der Waals surface area contributed by atoms with E-state index >= 15 is 0 Å². The maximum Gasteiger partial charge on any atom is 0.0930 e. The molecule has 2 fully saturated rings. The number of hydrogen-bond acceptors (Lipinski definition) is 3. The van der Waals surface area contributed by atoms with Crippen LogP contribution in [-0.2, 0) is 4.74 Å². The Kier molecular flexibility index (Phi) is 1.41. The molecule has 0 aromatic heterocycles. The molecular weight excluding hydrogens is 142 g/mol. The summed E-state index contributed by atoms with van der Waals surface area (Å²) >= 11 is 0. The topological polar surface area (TPSA) is 53.2 Å². The average molecular weight is 153 g/mol. The number of hydrogen-bond donors (Lipinski definition) is 1. The lowest BCUT2D eigenvalue weighted by atomic mass is 9.82. The SMILES string of the molecule is N#CC1CC2(CO)CCC1O2.